The van der Waals surface area contributed by atoms with Gasteiger partial charge in [-0.2, -0.15) is 0 Å². The van der Waals surface area contributed by atoms with E-state index in [1.165, 1.54) is 12.4 Å². The molecule has 1 aromatic heterocycles. The lowest BCUT2D eigenvalue weighted by Crippen LogP contribution is -2.10. The van der Waals surface area contributed by atoms with Gasteiger partial charge in [0.25, 0.3) is 0 Å². The number of rotatable bonds is 5. The first kappa shape index (κ1) is 15.1. The van der Waals surface area contributed by atoms with Crippen LogP contribution < -0.4 is 5.32 Å². The van der Waals surface area contributed by atoms with Gasteiger partial charge in [0.15, 0.2) is 0 Å². The van der Waals surface area contributed by atoms with E-state index < -0.39 is 5.97 Å². The standard InChI is InChI=1S/C12H13N3O3.ClH/c1-18-6-5-13-11-10-8(12(16)17)3-2-4-9(10)14-7-15-11;/h2-4,7H,5-6H2,1H3,(H,16,17)(H,13,14,15);1H. The third-order valence-corrected chi connectivity index (χ3v) is 2.49. The van der Waals surface area contributed by atoms with Crippen molar-refractivity contribution in [2.75, 3.05) is 25.6 Å². The Balaban J connectivity index is 0.00000180. The molecule has 0 atom stereocenters. The van der Waals surface area contributed by atoms with E-state index in [0.29, 0.717) is 29.9 Å². The fraction of sp³-hybridized carbons (Fsp3) is 0.250. The number of ether oxygens (including phenoxy) is 1. The first-order valence-corrected chi connectivity index (χ1v) is 5.44. The Morgan fingerprint density at radius 2 is 2.21 bits per heavy atom. The predicted molar refractivity (Wildman–Crippen MR) is 74.1 cm³/mol. The Kier molecular flexibility index (Phi) is 5.47. The van der Waals surface area contributed by atoms with Crippen molar-refractivity contribution < 1.29 is 14.6 Å². The van der Waals surface area contributed by atoms with Gasteiger partial charge in [-0.05, 0) is 12.1 Å². The maximum Gasteiger partial charge on any atom is 0.336 e. The molecule has 0 aliphatic carbocycles. The smallest absolute Gasteiger partial charge is 0.336 e. The van der Waals surface area contributed by atoms with Crippen LogP contribution in [0.15, 0.2) is 24.5 Å². The van der Waals surface area contributed by atoms with Gasteiger partial charge >= 0.3 is 5.97 Å². The average molecular weight is 284 g/mol. The minimum Gasteiger partial charge on any atom is -0.478 e. The van der Waals surface area contributed by atoms with Gasteiger partial charge in [0, 0.05) is 13.7 Å². The van der Waals surface area contributed by atoms with E-state index in [0.717, 1.165) is 0 Å². The molecule has 0 bridgehead atoms. The van der Waals surface area contributed by atoms with Crippen LogP contribution in [0.1, 0.15) is 10.4 Å². The summed E-state index contributed by atoms with van der Waals surface area (Å²) in [6.07, 6.45) is 1.41. The van der Waals surface area contributed by atoms with E-state index in [1.807, 2.05) is 0 Å². The normalized spacial score (nSPS) is 9.95. The number of aromatic carboxylic acids is 1. The highest BCUT2D eigenvalue weighted by molar-refractivity contribution is 6.06. The molecule has 19 heavy (non-hydrogen) atoms. The zero-order valence-electron chi connectivity index (χ0n) is 10.3. The van der Waals surface area contributed by atoms with Crippen LogP contribution in [-0.2, 0) is 4.74 Å². The maximum absolute atomic E-state index is 11.2. The molecule has 0 saturated heterocycles. The Hall–Kier alpha value is -1.92. The quantitative estimate of drug-likeness (QED) is 0.814. The maximum atomic E-state index is 11.2. The molecule has 2 N–H and O–H groups in total. The molecule has 0 aliphatic rings. The summed E-state index contributed by atoms with van der Waals surface area (Å²) in [7, 11) is 1.60. The topological polar surface area (TPSA) is 84.3 Å². The fourth-order valence-electron chi connectivity index (χ4n) is 1.69. The summed E-state index contributed by atoms with van der Waals surface area (Å²) in [6, 6.07) is 4.96. The number of aromatic nitrogens is 2. The van der Waals surface area contributed by atoms with Crippen molar-refractivity contribution >= 4 is 35.1 Å². The van der Waals surface area contributed by atoms with Crippen LogP contribution in [0.2, 0.25) is 0 Å². The number of anilines is 1. The number of methoxy groups -OCH3 is 1. The van der Waals surface area contributed by atoms with Crippen molar-refractivity contribution in [1.29, 1.82) is 0 Å². The summed E-state index contributed by atoms with van der Waals surface area (Å²) in [4.78, 5) is 19.3. The number of nitrogens with zero attached hydrogens (tertiary/aromatic N) is 2. The summed E-state index contributed by atoms with van der Waals surface area (Å²) in [5, 5.41) is 12.7. The fourth-order valence-corrected chi connectivity index (χ4v) is 1.69. The SMILES string of the molecule is COCCNc1ncnc2cccc(C(=O)O)c12.Cl. The van der Waals surface area contributed by atoms with Crippen molar-refractivity contribution in [3.63, 3.8) is 0 Å². The summed E-state index contributed by atoms with van der Waals surface area (Å²) in [5.74, 6) is -0.486. The number of carboxylic acids is 1. The van der Waals surface area contributed by atoms with Gasteiger partial charge in [0.05, 0.1) is 23.1 Å². The highest BCUT2D eigenvalue weighted by Crippen LogP contribution is 2.23. The Bertz CT molecular complexity index is 572. The van der Waals surface area contributed by atoms with Crippen LogP contribution in [0.4, 0.5) is 5.82 Å². The molecule has 6 nitrogen and oxygen atoms in total. The minimum atomic E-state index is -0.995. The monoisotopic (exact) mass is 283 g/mol. The van der Waals surface area contributed by atoms with E-state index in [9.17, 15) is 9.90 Å². The molecule has 0 unspecified atom stereocenters. The lowest BCUT2D eigenvalue weighted by Gasteiger charge is -2.09. The van der Waals surface area contributed by atoms with Crippen LogP contribution in [0, 0.1) is 0 Å². The number of hydrogen-bond donors (Lipinski definition) is 2. The molecule has 1 heterocycles. The van der Waals surface area contributed by atoms with Crippen molar-refractivity contribution in [2.45, 2.75) is 0 Å². The molecular weight excluding hydrogens is 270 g/mol. The van der Waals surface area contributed by atoms with Crippen molar-refractivity contribution in [3.05, 3.63) is 30.1 Å². The predicted octanol–water partition coefficient (Wildman–Crippen LogP) is 1.81. The van der Waals surface area contributed by atoms with Crippen LogP contribution in [0.5, 0.6) is 0 Å². The number of fused-ring (bicyclic) bond motifs is 1. The molecule has 0 aliphatic heterocycles. The number of carbonyl (C=O) groups is 1. The van der Waals surface area contributed by atoms with E-state index in [-0.39, 0.29) is 18.0 Å². The molecule has 0 fully saturated rings. The van der Waals surface area contributed by atoms with Gasteiger partial charge in [0.2, 0.25) is 0 Å². The average Bonchev–Trinajstić information content (AvgIpc) is 2.38. The van der Waals surface area contributed by atoms with Crippen LogP contribution in [0.25, 0.3) is 10.9 Å². The Morgan fingerprint density at radius 3 is 2.89 bits per heavy atom. The summed E-state index contributed by atoms with van der Waals surface area (Å²) >= 11 is 0. The molecular formula is C12H14ClN3O3. The van der Waals surface area contributed by atoms with Gasteiger partial charge in [0.1, 0.15) is 12.1 Å². The Labute approximate surface area is 116 Å². The summed E-state index contributed by atoms with van der Waals surface area (Å²) < 4.78 is 4.93. The third kappa shape index (κ3) is 3.30. The van der Waals surface area contributed by atoms with Crippen molar-refractivity contribution in [1.82, 2.24) is 9.97 Å². The molecule has 0 spiro atoms. The van der Waals surface area contributed by atoms with Crippen LogP contribution >= 0.6 is 12.4 Å². The highest BCUT2D eigenvalue weighted by atomic mass is 35.5. The first-order chi connectivity index (χ1) is 8.74. The van der Waals surface area contributed by atoms with Gasteiger partial charge in [-0.3, -0.25) is 0 Å². The van der Waals surface area contributed by atoms with E-state index in [4.69, 9.17) is 4.74 Å². The van der Waals surface area contributed by atoms with Gasteiger partial charge in [-0.15, -0.1) is 12.4 Å². The summed E-state index contributed by atoms with van der Waals surface area (Å²) in [5.41, 5.74) is 0.790. The van der Waals surface area contributed by atoms with Crippen LogP contribution in [0.3, 0.4) is 0 Å². The van der Waals surface area contributed by atoms with Gasteiger partial charge in [-0.25, -0.2) is 14.8 Å². The van der Waals surface area contributed by atoms with Crippen molar-refractivity contribution in [2.24, 2.45) is 0 Å². The minimum absolute atomic E-state index is 0. The second kappa shape index (κ2) is 6.86. The lowest BCUT2D eigenvalue weighted by molar-refractivity contribution is 0.0699. The molecule has 2 aromatic rings. The molecule has 1 aromatic carbocycles. The second-order valence-electron chi connectivity index (χ2n) is 3.65. The first-order valence-electron chi connectivity index (χ1n) is 5.44. The highest BCUT2D eigenvalue weighted by Gasteiger charge is 2.13. The third-order valence-electron chi connectivity index (χ3n) is 2.49. The van der Waals surface area contributed by atoms with E-state index in [2.05, 4.69) is 15.3 Å². The molecule has 2 rings (SSSR count). The largest absolute Gasteiger partial charge is 0.478 e. The number of hydrogen-bond acceptors (Lipinski definition) is 5. The van der Waals surface area contributed by atoms with Gasteiger partial charge in [-0.1, -0.05) is 6.07 Å². The zero-order chi connectivity index (χ0) is 13.0. The van der Waals surface area contributed by atoms with Crippen molar-refractivity contribution in [3.8, 4) is 0 Å². The van der Waals surface area contributed by atoms with E-state index >= 15 is 0 Å². The van der Waals surface area contributed by atoms with Crippen LogP contribution in [-0.4, -0.2) is 41.3 Å². The number of halogens is 1. The molecule has 0 radical (unpaired) electrons. The Morgan fingerprint density at radius 1 is 1.42 bits per heavy atom. The molecule has 102 valence electrons. The number of carboxylic acid groups (broad SMARTS) is 1. The molecule has 0 saturated carbocycles. The van der Waals surface area contributed by atoms with Gasteiger partial charge < -0.3 is 15.2 Å². The lowest BCUT2D eigenvalue weighted by atomic mass is 10.1. The summed E-state index contributed by atoms with van der Waals surface area (Å²) in [6.45, 7) is 1.07. The number of benzene rings is 1. The number of nitrogens with one attached hydrogen (secondary N) is 1. The molecule has 0 amide bonds. The second-order valence-corrected chi connectivity index (χ2v) is 3.65. The van der Waals surface area contributed by atoms with E-state index in [1.54, 1.807) is 19.2 Å². The zero-order valence-corrected chi connectivity index (χ0v) is 11.1. The molecule has 7 heteroatoms.